The first-order chi connectivity index (χ1) is 14.6. The van der Waals surface area contributed by atoms with E-state index in [9.17, 15) is 4.79 Å². The summed E-state index contributed by atoms with van der Waals surface area (Å²) in [5.41, 5.74) is 2.54. The molecule has 0 spiro atoms. The van der Waals surface area contributed by atoms with Crippen molar-refractivity contribution in [3.63, 3.8) is 0 Å². The van der Waals surface area contributed by atoms with Crippen molar-refractivity contribution in [3.05, 3.63) is 59.0 Å². The van der Waals surface area contributed by atoms with Crippen LogP contribution in [0.5, 0.6) is 5.75 Å². The number of hydrogen-bond donors (Lipinski definition) is 1. The van der Waals surface area contributed by atoms with Crippen LogP contribution in [-0.2, 0) is 4.74 Å². The molecule has 1 aliphatic heterocycles. The summed E-state index contributed by atoms with van der Waals surface area (Å²) in [6, 6.07) is 15.5. The maximum absolute atomic E-state index is 13.0. The summed E-state index contributed by atoms with van der Waals surface area (Å²) in [5.74, 6) is 1.53. The van der Waals surface area contributed by atoms with Crippen molar-refractivity contribution < 1.29 is 14.3 Å². The van der Waals surface area contributed by atoms with Crippen LogP contribution in [-0.4, -0.2) is 36.5 Å². The largest absolute Gasteiger partial charge is 0.497 e. The highest BCUT2D eigenvalue weighted by atomic mass is 32.2. The lowest BCUT2D eigenvalue weighted by molar-refractivity contribution is 0.102. The molecular weight excluding hydrogens is 416 g/mol. The summed E-state index contributed by atoms with van der Waals surface area (Å²) in [5, 5.41) is 3.58. The van der Waals surface area contributed by atoms with Gasteiger partial charge in [-0.25, -0.2) is 4.98 Å². The molecule has 4 rings (SSSR count). The second kappa shape index (κ2) is 9.64. The van der Waals surface area contributed by atoms with E-state index >= 15 is 0 Å². The lowest BCUT2D eigenvalue weighted by Gasteiger charge is -2.11. The lowest BCUT2D eigenvalue weighted by atomic mass is 10.1. The first-order valence-corrected chi connectivity index (χ1v) is 11.7. The Kier molecular flexibility index (Phi) is 6.72. The molecule has 0 unspecified atom stereocenters. The molecule has 1 amide bonds. The molecule has 156 valence electrons. The van der Waals surface area contributed by atoms with Gasteiger partial charge in [0.25, 0.3) is 5.91 Å². The van der Waals surface area contributed by atoms with Crippen LogP contribution in [0.2, 0.25) is 0 Å². The number of nitrogens with one attached hydrogen (secondary N) is 1. The number of carbonyl (C=O) groups excluding carboxylic acids is 1. The van der Waals surface area contributed by atoms with Crippen molar-refractivity contribution in [2.24, 2.45) is 0 Å². The first-order valence-electron chi connectivity index (χ1n) is 9.90. The zero-order valence-corrected chi connectivity index (χ0v) is 18.6. The summed E-state index contributed by atoms with van der Waals surface area (Å²) in [6.45, 7) is 2.85. The van der Waals surface area contributed by atoms with Gasteiger partial charge in [-0.1, -0.05) is 12.1 Å². The molecule has 5 nitrogen and oxygen atoms in total. The summed E-state index contributed by atoms with van der Waals surface area (Å²) < 4.78 is 10.9. The van der Waals surface area contributed by atoms with Crippen molar-refractivity contribution in [1.29, 1.82) is 0 Å². The third-order valence-corrected chi connectivity index (χ3v) is 7.05. The Morgan fingerprint density at radius 2 is 2.07 bits per heavy atom. The van der Waals surface area contributed by atoms with E-state index in [4.69, 9.17) is 9.47 Å². The van der Waals surface area contributed by atoms with E-state index in [2.05, 4.69) is 10.3 Å². The van der Waals surface area contributed by atoms with E-state index in [0.717, 1.165) is 52.0 Å². The Labute approximate surface area is 184 Å². The molecule has 1 fully saturated rings. The standard InChI is InChI=1S/C23H24N2O3S2/c1-15-21(16-9-11-17(27-2)12-10-16)24-23(30-15)25-22(26)19-7-3-4-8-20(19)29-14-18-6-5-13-28-18/h3-4,7-12,18H,5-6,13-14H2,1-2H3,(H,24,25,26)/t18-/m0/s1. The van der Waals surface area contributed by atoms with Crippen LogP contribution in [0.3, 0.4) is 0 Å². The number of rotatable bonds is 7. The highest BCUT2D eigenvalue weighted by Crippen LogP contribution is 2.32. The number of thioether (sulfide) groups is 1. The van der Waals surface area contributed by atoms with E-state index in [1.807, 2.05) is 55.5 Å². The van der Waals surface area contributed by atoms with Gasteiger partial charge in [0.05, 0.1) is 24.5 Å². The molecule has 7 heteroatoms. The van der Waals surface area contributed by atoms with Crippen LogP contribution < -0.4 is 10.1 Å². The van der Waals surface area contributed by atoms with Gasteiger partial charge >= 0.3 is 0 Å². The van der Waals surface area contributed by atoms with Crippen LogP contribution in [0, 0.1) is 6.92 Å². The number of nitrogens with zero attached hydrogens (tertiary/aromatic N) is 1. The third kappa shape index (κ3) is 4.86. The van der Waals surface area contributed by atoms with Crippen LogP contribution in [0.15, 0.2) is 53.4 Å². The number of ether oxygens (including phenoxy) is 2. The van der Waals surface area contributed by atoms with Crippen LogP contribution in [0.25, 0.3) is 11.3 Å². The number of amides is 1. The molecular formula is C23H24N2O3S2. The van der Waals surface area contributed by atoms with E-state index in [1.165, 1.54) is 11.3 Å². The predicted molar refractivity (Wildman–Crippen MR) is 123 cm³/mol. The molecule has 1 atom stereocenters. The zero-order chi connectivity index (χ0) is 20.9. The minimum Gasteiger partial charge on any atom is -0.497 e. The fourth-order valence-electron chi connectivity index (χ4n) is 3.37. The predicted octanol–water partition coefficient (Wildman–Crippen LogP) is 5.65. The van der Waals surface area contributed by atoms with Gasteiger partial charge in [-0.15, -0.1) is 23.1 Å². The number of methoxy groups -OCH3 is 1. The summed E-state index contributed by atoms with van der Waals surface area (Å²) >= 11 is 3.16. The van der Waals surface area contributed by atoms with Crippen LogP contribution in [0.1, 0.15) is 28.1 Å². The highest BCUT2D eigenvalue weighted by Gasteiger charge is 2.19. The van der Waals surface area contributed by atoms with Gasteiger partial charge in [-0.3, -0.25) is 10.1 Å². The molecule has 3 aromatic rings. The molecule has 1 saturated heterocycles. The minimum absolute atomic E-state index is 0.138. The lowest BCUT2D eigenvalue weighted by Crippen LogP contribution is -2.14. The Bertz CT molecular complexity index is 1010. The number of benzene rings is 2. The SMILES string of the molecule is COc1ccc(-c2nc(NC(=O)c3ccccc3SC[C@@H]3CCCO3)sc2C)cc1. The Morgan fingerprint density at radius 3 is 2.80 bits per heavy atom. The van der Waals surface area contributed by atoms with Gasteiger partial charge in [0, 0.05) is 27.7 Å². The van der Waals surface area contributed by atoms with Gasteiger partial charge < -0.3 is 9.47 Å². The smallest absolute Gasteiger partial charge is 0.258 e. The molecule has 0 saturated carbocycles. The highest BCUT2D eigenvalue weighted by molar-refractivity contribution is 7.99. The van der Waals surface area contributed by atoms with Crippen molar-refractivity contribution in [2.45, 2.75) is 30.8 Å². The van der Waals surface area contributed by atoms with Crippen molar-refractivity contribution in [1.82, 2.24) is 4.98 Å². The summed E-state index contributed by atoms with van der Waals surface area (Å²) in [7, 11) is 1.65. The average molecular weight is 441 g/mol. The zero-order valence-electron chi connectivity index (χ0n) is 17.0. The number of carbonyl (C=O) groups is 1. The molecule has 1 N–H and O–H groups in total. The molecule has 1 aromatic heterocycles. The fraction of sp³-hybridized carbons (Fsp3) is 0.304. The van der Waals surface area contributed by atoms with Crippen molar-refractivity contribution in [2.75, 3.05) is 24.8 Å². The number of thiazole rings is 1. The van der Waals surface area contributed by atoms with Crippen molar-refractivity contribution >= 4 is 34.1 Å². The fourth-order valence-corrected chi connectivity index (χ4v) is 5.32. The maximum atomic E-state index is 13.0. The number of hydrogen-bond acceptors (Lipinski definition) is 6. The minimum atomic E-state index is -0.138. The number of aryl methyl sites for hydroxylation is 1. The monoisotopic (exact) mass is 440 g/mol. The molecule has 2 heterocycles. The average Bonchev–Trinajstić information content (AvgIpc) is 3.42. The number of aromatic nitrogens is 1. The van der Waals surface area contributed by atoms with Gasteiger partial charge in [-0.05, 0) is 56.2 Å². The maximum Gasteiger partial charge on any atom is 0.258 e. The van der Waals surface area contributed by atoms with Gasteiger partial charge in [0.2, 0.25) is 0 Å². The van der Waals surface area contributed by atoms with Gasteiger partial charge in [-0.2, -0.15) is 0 Å². The summed E-state index contributed by atoms with van der Waals surface area (Å²) in [6.07, 6.45) is 2.49. The third-order valence-electron chi connectivity index (χ3n) is 4.96. The molecule has 0 radical (unpaired) electrons. The van der Waals surface area contributed by atoms with E-state index in [1.54, 1.807) is 18.9 Å². The molecule has 0 bridgehead atoms. The van der Waals surface area contributed by atoms with Crippen LogP contribution in [0.4, 0.5) is 5.13 Å². The molecule has 30 heavy (non-hydrogen) atoms. The molecule has 1 aliphatic rings. The Hall–Kier alpha value is -2.35. The second-order valence-electron chi connectivity index (χ2n) is 7.05. The Morgan fingerprint density at radius 1 is 1.27 bits per heavy atom. The van der Waals surface area contributed by atoms with E-state index in [0.29, 0.717) is 10.7 Å². The normalized spacial score (nSPS) is 15.9. The van der Waals surface area contributed by atoms with E-state index < -0.39 is 0 Å². The van der Waals surface area contributed by atoms with E-state index in [-0.39, 0.29) is 12.0 Å². The topological polar surface area (TPSA) is 60.5 Å². The quantitative estimate of drug-likeness (QED) is 0.481. The van der Waals surface area contributed by atoms with Crippen molar-refractivity contribution in [3.8, 4) is 17.0 Å². The van der Waals surface area contributed by atoms with Gasteiger partial charge in [0.15, 0.2) is 5.13 Å². The van der Waals surface area contributed by atoms with Crippen LogP contribution >= 0.6 is 23.1 Å². The first kappa shape index (κ1) is 20.9. The summed E-state index contributed by atoms with van der Waals surface area (Å²) in [4.78, 5) is 19.6. The number of anilines is 1. The molecule has 2 aromatic carbocycles. The Balaban J connectivity index is 1.47. The second-order valence-corrected chi connectivity index (χ2v) is 9.31. The van der Waals surface area contributed by atoms with Gasteiger partial charge in [0.1, 0.15) is 5.75 Å². The molecule has 0 aliphatic carbocycles.